The van der Waals surface area contributed by atoms with E-state index >= 15 is 0 Å². The summed E-state index contributed by atoms with van der Waals surface area (Å²) >= 11 is 0. The van der Waals surface area contributed by atoms with Crippen molar-refractivity contribution in [3.05, 3.63) is 29.8 Å². The van der Waals surface area contributed by atoms with Crippen LogP contribution in [0.3, 0.4) is 0 Å². The molecule has 1 aromatic rings. The number of hydrogen-bond acceptors (Lipinski definition) is 3. The molecule has 0 amide bonds. The van der Waals surface area contributed by atoms with E-state index in [2.05, 4.69) is 33.0 Å². The van der Waals surface area contributed by atoms with Crippen molar-refractivity contribution >= 4 is 11.7 Å². The second-order valence-electron chi connectivity index (χ2n) is 6.86. The zero-order valence-corrected chi connectivity index (χ0v) is 13.2. The maximum Gasteiger partial charge on any atom is 0.335 e. The van der Waals surface area contributed by atoms with Crippen molar-refractivity contribution in [2.75, 3.05) is 11.9 Å². The molecule has 4 heteroatoms. The molecule has 2 unspecified atom stereocenters. The Morgan fingerprint density at radius 2 is 2.19 bits per heavy atom. The zero-order valence-electron chi connectivity index (χ0n) is 13.2. The fourth-order valence-electron chi connectivity index (χ4n) is 2.67. The second kappa shape index (κ2) is 6.06. The topological polar surface area (TPSA) is 58.6 Å². The molecule has 0 aromatic heterocycles. The number of rotatable bonds is 6. The first kappa shape index (κ1) is 15.8. The van der Waals surface area contributed by atoms with Gasteiger partial charge in [-0.2, -0.15) is 0 Å². The highest BCUT2D eigenvalue weighted by atomic mass is 16.5. The molecule has 0 spiro atoms. The van der Waals surface area contributed by atoms with Crippen LogP contribution < -0.4 is 5.32 Å². The summed E-state index contributed by atoms with van der Waals surface area (Å²) in [5.74, 6) is -0.357. The molecule has 2 rings (SSSR count). The van der Waals surface area contributed by atoms with Gasteiger partial charge in [0.2, 0.25) is 0 Å². The van der Waals surface area contributed by atoms with Crippen LogP contribution >= 0.6 is 0 Å². The Bertz CT molecular complexity index is 511. The first-order valence-corrected chi connectivity index (χ1v) is 7.52. The number of carboxylic acids is 1. The normalized spacial score (nSPS) is 23.7. The van der Waals surface area contributed by atoms with Gasteiger partial charge in [0, 0.05) is 23.8 Å². The third-order valence-corrected chi connectivity index (χ3v) is 4.26. The minimum absolute atomic E-state index is 0.0497. The van der Waals surface area contributed by atoms with Gasteiger partial charge in [0.25, 0.3) is 0 Å². The lowest BCUT2D eigenvalue weighted by atomic mass is 9.64. The Morgan fingerprint density at radius 3 is 2.76 bits per heavy atom. The Hall–Kier alpha value is -1.55. The van der Waals surface area contributed by atoms with E-state index in [1.807, 2.05) is 6.07 Å². The second-order valence-corrected chi connectivity index (χ2v) is 6.86. The molecule has 0 bridgehead atoms. The molecule has 1 aliphatic rings. The van der Waals surface area contributed by atoms with E-state index in [1.54, 1.807) is 18.2 Å². The number of aromatic carboxylic acids is 1. The third-order valence-electron chi connectivity index (χ3n) is 4.26. The summed E-state index contributed by atoms with van der Waals surface area (Å²) in [6.45, 7) is 9.48. The van der Waals surface area contributed by atoms with Crippen molar-refractivity contribution in [2.24, 2.45) is 11.3 Å². The Kier molecular flexibility index (Phi) is 4.57. The largest absolute Gasteiger partial charge is 0.478 e. The third kappa shape index (κ3) is 3.56. The van der Waals surface area contributed by atoms with Crippen molar-refractivity contribution in [1.82, 2.24) is 0 Å². The van der Waals surface area contributed by atoms with Crippen molar-refractivity contribution in [3.63, 3.8) is 0 Å². The first-order chi connectivity index (χ1) is 9.80. The highest BCUT2D eigenvalue weighted by molar-refractivity contribution is 5.88. The Balaban J connectivity index is 1.96. The van der Waals surface area contributed by atoms with Crippen LogP contribution in [0, 0.1) is 11.3 Å². The molecule has 2 atom stereocenters. The van der Waals surface area contributed by atoms with Crippen LogP contribution in [0.4, 0.5) is 5.69 Å². The van der Waals surface area contributed by atoms with Crippen LogP contribution in [0.2, 0.25) is 0 Å². The van der Waals surface area contributed by atoms with Crippen molar-refractivity contribution in [3.8, 4) is 0 Å². The van der Waals surface area contributed by atoms with Gasteiger partial charge in [-0.05, 0) is 30.5 Å². The average Bonchev–Trinajstić information content (AvgIpc) is 2.42. The Morgan fingerprint density at radius 1 is 1.48 bits per heavy atom. The molecule has 1 aliphatic carbocycles. The minimum Gasteiger partial charge on any atom is -0.478 e. The molecule has 0 aliphatic heterocycles. The summed E-state index contributed by atoms with van der Waals surface area (Å²) in [6, 6.07) is 7.27. The van der Waals surface area contributed by atoms with Gasteiger partial charge in [-0.25, -0.2) is 4.79 Å². The average molecular weight is 291 g/mol. The molecule has 4 nitrogen and oxygen atoms in total. The van der Waals surface area contributed by atoms with Crippen LogP contribution in [0.25, 0.3) is 0 Å². The molecule has 0 heterocycles. The predicted octanol–water partition coefficient (Wildman–Crippen LogP) is 3.64. The van der Waals surface area contributed by atoms with Crippen molar-refractivity contribution < 1.29 is 14.6 Å². The fraction of sp³-hybridized carbons (Fsp3) is 0.588. The van der Waals surface area contributed by atoms with Crippen LogP contribution in [0.1, 0.15) is 44.5 Å². The number of anilines is 1. The van der Waals surface area contributed by atoms with Crippen molar-refractivity contribution in [2.45, 2.75) is 46.3 Å². The lowest BCUT2D eigenvalue weighted by molar-refractivity contribution is -0.108. The summed E-state index contributed by atoms with van der Waals surface area (Å²) < 4.78 is 5.95. The molecule has 21 heavy (non-hydrogen) atoms. The fourth-order valence-corrected chi connectivity index (χ4v) is 2.67. The van der Waals surface area contributed by atoms with Gasteiger partial charge in [0.05, 0.1) is 11.7 Å². The van der Waals surface area contributed by atoms with Gasteiger partial charge < -0.3 is 15.2 Å². The van der Waals surface area contributed by atoms with Gasteiger partial charge in [-0.1, -0.05) is 33.8 Å². The van der Waals surface area contributed by atoms with Gasteiger partial charge in [0.15, 0.2) is 0 Å². The lowest BCUT2D eigenvalue weighted by Crippen LogP contribution is -2.58. The molecule has 0 saturated heterocycles. The molecular formula is C17H25NO3. The summed E-state index contributed by atoms with van der Waals surface area (Å²) in [5, 5.41) is 12.5. The zero-order chi connectivity index (χ0) is 15.6. The van der Waals surface area contributed by atoms with E-state index in [4.69, 9.17) is 9.84 Å². The number of nitrogens with one attached hydrogen (secondary N) is 1. The predicted molar refractivity (Wildman–Crippen MR) is 83.8 cm³/mol. The summed E-state index contributed by atoms with van der Waals surface area (Å²) in [6.07, 6.45) is 1.22. The SMILES string of the molecule is CC(C)COC1CC(Nc2cccc(C(=O)O)c2)C1(C)C. The maximum absolute atomic E-state index is 11.0. The van der Waals surface area contributed by atoms with E-state index in [-0.39, 0.29) is 11.5 Å². The van der Waals surface area contributed by atoms with Crippen LogP contribution in [-0.4, -0.2) is 29.8 Å². The quantitative estimate of drug-likeness (QED) is 0.840. The minimum atomic E-state index is -0.898. The Labute approximate surface area is 126 Å². The first-order valence-electron chi connectivity index (χ1n) is 7.52. The van der Waals surface area contributed by atoms with Crippen LogP contribution in [-0.2, 0) is 4.74 Å². The number of carbonyl (C=O) groups is 1. The molecule has 0 radical (unpaired) electrons. The van der Waals surface area contributed by atoms with Crippen LogP contribution in [0.15, 0.2) is 24.3 Å². The van der Waals surface area contributed by atoms with Gasteiger partial charge in [0.1, 0.15) is 0 Å². The number of ether oxygens (including phenoxy) is 1. The van der Waals surface area contributed by atoms with Gasteiger partial charge >= 0.3 is 5.97 Å². The van der Waals surface area contributed by atoms with Crippen LogP contribution in [0.5, 0.6) is 0 Å². The molecule has 1 fully saturated rings. The number of carboxylic acid groups (broad SMARTS) is 1. The van der Waals surface area contributed by atoms with E-state index in [0.29, 0.717) is 17.5 Å². The maximum atomic E-state index is 11.0. The van der Waals surface area contributed by atoms with E-state index < -0.39 is 5.97 Å². The smallest absolute Gasteiger partial charge is 0.335 e. The summed E-state index contributed by atoms with van der Waals surface area (Å²) in [4.78, 5) is 11.0. The highest BCUT2D eigenvalue weighted by Crippen LogP contribution is 2.44. The lowest BCUT2D eigenvalue weighted by Gasteiger charge is -2.52. The summed E-state index contributed by atoms with van der Waals surface area (Å²) in [5.41, 5.74) is 1.22. The molecule has 1 aromatic carbocycles. The van der Waals surface area contributed by atoms with E-state index in [1.165, 1.54) is 0 Å². The van der Waals surface area contributed by atoms with Gasteiger partial charge in [-0.15, -0.1) is 0 Å². The monoisotopic (exact) mass is 291 g/mol. The van der Waals surface area contributed by atoms with Gasteiger partial charge in [-0.3, -0.25) is 0 Å². The summed E-state index contributed by atoms with van der Waals surface area (Å²) in [7, 11) is 0. The molecule has 2 N–H and O–H groups in total. The molecule has 1 saturated carbocycles. The van der Waals surface area contributed by atoms with E-state index in [9.17, 15) is 4.79 Å². The highest BCUT2D eigenvalue weighted by Gasteiger charge is 2.49. The standard InChI is InChI=1S/C17H25NO3/c1-11(2)10-21-15-9-14(17(15,3)4)18-13-7-5-6-12(8-13)16(19)20/h5-8,11,14-15,18H,9-10H2,1-4H3,(H,19,20). The molecular weight excluding hydrogens is 266 g/mol. The number of hydrogen-bond donors (Lipinski definition) is 2. The molecule has 116 valence electrons. The van der Waals surface area contributed by atoms with E-state index in [0.717, 1.165) is 18.7 Å². The van der Waals surface area contributed by atoms with Crippen molar-refractivity contribution in [1.29, 1.82) is 0 Å². The number of benzene rings is 1.